The molecule has 0 bridgehead atoms. The predicted molar refractivity (Wildman–Crippen MR) is 66.5 cm³/mol. The van der Waals surface area contributed by atoms with Gasteiger partial charge in [0.1, 0.15) is 0 Å². The minimum Gasteiger partial charge on any atom is -0.356 e. The lowest BCUT2D eigenvalue weighted by Crippen LogP contribution is -2.28. The molecule has 0 aromatic carbocycles. The molecular formula is C13H21N3O. The van der Waals surface area contributed by atoms with Crippen molar-refractivity contribution in [3.8, 4) is 0 Å². The molecule has 1 fully saturated rings. The van der Waals surface area contributed by atoms with E-state index in [-0.39, 0.29) is 5.91 Å². The fourth-order valence-corrected chi connectivity index (χ4v) is 2.48. The molecule has 0 unspecified atom stereocenters. The molecule has 1 aliphatic carbocycles. The van der Waals surface area contributed by atoms with E-state index < -0.39 is 0 Å². The van der Waals surface area contributed by atoms with Gasteiger partial charge in [0.05, 0.1) is 6.33 Å². The van der Waals surface area contributed by atoms with Crippen molar-refractivity contribution in [3.63, 3.8) is 0 Å². The molecule has 4 nitrogen and oxygen atoms in total. The van der Waals surface area contributed by atoms with Crippen LogP contribution in [0.2, 0.25) is 0 Å². The molecule has 1 amide bonds. The molecule has 0 atom stereocenters. The molecule has 0 spiro atoms. The molecule has 17 heavy (non-hydrogen) atoms. The third-order valence-corrected chi connectivity index (χ3v) is 3.47. The van der Waals surface area contributed by atoms with E-state index >= 15 is 0 Å². The average molecular weight is 235 g/mol. The molecule has 94 valence electrons. The lowest BCUT2D eigenvalue weighted by atomic mass is 9.87. The molecule has 1 aliphatic rings. The van der Waals surface area contributed by atoms with Gasteiger partial charge in [-0.1, -0.05) is 19.3 Å². The second-order valence-corrected chi connectivity index (χ2v) is 4.88. The predicted octanol–water partition coefficient (Wildman–Crippen LogP) is 2.04. The molecule has 0 saturated heterocycles. The minimum atomic E-state index is 0.205. The maximum atomic E-state index is 11.7. The molecule has 2 rings (SSSR count). The zero-order valence-corrected chi connectivity index (χ0v) is 10.2. The summed E-state index contributed by atoms with van der Waals surface area (Å²) >= 11 is 0. The zero-order valence-electron chi connectivity index (χ0n) is 10.2. The van der Waals surface area contributed by atoms with Crippen molar-refractivity contribution < 1.29 is 4.79 Å². The summed E-state index contributed by atoms with van der Waals surface area (Å²) in [5.41, 5.74) is 1.07. The normalized spacial score (nSPS) is 16.9. The van der Waals surface area contributed by atoms with Gasteiger partial charge in [0.25, 0.3) is 0 Å². The molecule has 0 aliphatic heterocycles. The van der Waals surface area contributed by atoms with E-state index in [4.69, 9.17) is 0 Å². The van der Waals surface area contributed by atoms with Crippen LogP contribution in [-0.4, -0.2) is 22.4 Å². The van der Waals surface area contributed by atoms with Gasteiger partial charge in [0.15, 0.2) is 0 Å². The van der Waals surface area contributed by atoms with Crippen LogP contribution in [0.25, 0.3) is 0 Å². The van der Waals surface area contributed by atoms with Crippen LogP contribution in [0.4, 0.5) is 0 Å². The SMILES string of the molecule is O=C(CC1CCCCC1)NCCc1cnc[nH]1. The van der Waals surface area contributed by atoms with Crippen LogP contribution in [0.1, 0.15) is 44.2 Å². The number of aromatic amines is 1. The van der Waals surface area contributed by atoms with Gasteiger partial charge < -0.3 is 10.3 Å². The summed E-state index contributed by atoms with van der Waals surface area (Å²) in [5.74, 6) is 0.826. The molecular weight excluding hydrogens is 214 g/mol. The maximum Gasteiger partial charge on any atom is 0.220 e. The van der Waals surface area contributed by atoms with E-state index in [2.05, 4.69) is 15.3 Å². The van der Waals surface area contributed by atoms with Gasteiger partial charge >= 0.3 is 0 Å². The number of rotatable bonds is 5. The summed E-state index contributed by atoms with van der Waals surface area (Å²) in [7, 11) is 0. The van der Waals surface area contributed by atoms with Gasteiger partial charge in [-0.25, -0.2) is 4.98 Å². The summed E-state index contributed by atoms with van der Waals surface area (Å²) in [4.78, 5) is 18.7. The Labute approximate surface area is 102 Å². The van der Waals surface area contributed by atoms with Crippen molar-refractivity contribution in [1.82, 2.24) is 15.3 Å². The second kappa shape index (κ2) is 6.42. The van der Waals surface area contributed by atoms with Gasteiger partial charge in [-0.2, -0.15) is 0 Å². The van der Waals surface area contributed by atoms with E-state index in [1.165, 1.54) is 32.1 Å². The standard InChI is InChI=1S/C13H21N3O/c17-13(8-11-4-2-1-3-5-11)15-7-6-12-9-14-10-16-12/h9-11H,1-8H2,(H,14,16)(H,15,17). The zero-order chi connectivity index (χ0) is 11.9. The van der Waals surface area contributed by atoms with E-state index in [1.807, 2.05) is 0 Å². The van der Waals surface area contributed by atoms with Crippen LogP contribution in [-0.2, 0) is 11.2 Å². The number of nitrogens with zero attached hydrogens (tertiary/aromatic N) is 1. The first-order valence-corrected chi connectivity index (χ1v) is 6.58. The van der Waals surface area contributed by atoms with Crippen molar-refractivity contribution in [2.24, 2.45) is 5.92 Å². The molecule has 1 saturated carbocycles. The Morgan fingerprint density at radius 2 is 2.24 bits per heavy atom. The topological polar surface area (TPSA) is 57.8 Å². The number of imidazole rings is 1. The van der Waals surface area contributed by atoms with Crippen LogP contribution in [0.15, 0.2) is 12.5 Å². The van der Waals surface area contributed by atoms with Gasteiger partial charge in [-0.3, -0.25) is 4.79 Å². The van der Waals surface area contributed by atoms with Crippen LogP contribution in [0.5, 0.6) is 0 Å². The van der Waals surface area contributed by atoms with Crippen molar-refractivity contribution in [1.29, 1.82) is 0 Å². The number of hydrogen-bond donors (Lipinski definition) is 2. The van der Waals surface area contributed by atoms with E-state index in [9.17, 15) is 4.79 Å². The van der Waals surface area contributed by atoms with Gasteiger partial charge in [0, 0.05) is 31.3 Å². The fourth-order valence-electron chi connectivity index (χ4n) is 2.48. The van der Waals surface area contributed by atoms with Crippen LogP contribution >= 0.6 is 0 Å². The quantitative estimate of drug-likeness (QED) is 0.820. The largest absolute Gasteiger partial charge is 0.356 e. The van der Waals surface area contributed by atoms with Gasteiger partial charge in [-0.05, 0) is 18.8 Å². The van der Waals surface area contributed by atoms with Crippen molar-refractivity contribution in [2.75, 3.05) is 6.54 Å². The Bertz CT molecular complexity index is 328. The summed E-state index contributed by atoms with van der Waals surface area (Å²) in [5, 5.41) is 2.98. The van der Waals surface area contributed by atoms with E-state index in [1.54, 1.807) is 12.5 Å². The van der Waals surface area contributed by atoms with E-state index in [0.29, 0.717) is 18.9 Å². The summed E-state index contributed by atoms with van der Waals surface area (Å²) in [6.45, 7) is 0.702. The number of carbonyl (C=O) groups excluding carboxylic acids is 1. The summed E-state index contributed by atoms with van der Waals surface area (Å²) in [6.07, 6.45) is 11.4. The Morgan fingerprint density at radius 1 is 1.41 bits per heavy atom. The maximum absolute atomic E-state index is 11.7. The van der Waals surface area contributed by atoms with Gasteiger partial charge in [0.2, 0.25) is 5.91 Å². The Hall–Kier alpha value is -1.32. The highest BCUT2D eigenvalue weighted by atomic mass is 16.1. The smallest absolute Gasteiger partial charge is 0.220 e. The molecule has 2 N–H and O–H groups in total. The first kappa shape index (κ1) is 12.1. The Balaban J connectivity index is 1.60. The Morgan fingerprint density at radius 3 is 2.94 bits per heavy atom. The monoisotopic (exact) mass is 235 g/mol. The lowest BCUT2D eigenvalue weighted by Gasteiger charge is -2.20. The second-order valence-electron chi connectivity index (χ2n) is 4.88. The van der Waals surface area contributed by atoms with E-state index in [0.717, 1.165) is 12.1 Å². The highest BCUT2D eigenvalue weighted by molar-refractivity contribution is 5.76. The van der Waals surface area contributed by atoms with Gasteiger partial charge in [-0.15, -0.1) is 0 Å². The van der Waals surface area contributed by atoms with Crippen molar-refractivity contribution in [3.05, 3.63) is 18.2 Å². The van der Waals surface area contributed by atoms with Crippen molar-refractivity contribution >= 4 is 5.91 Å². The average Bonchev–Trinajstić information content (AvgIpc) is 2.83. The first-order valence-electron chi connectivity index (χ1n) is 6.58. The third kappa shape index (κ3) is 4.21. The molecule has 0 radical (unpaired) electrons. The highest BCUT2D eigenvalue weighted by Gasteiger charge is 2.16. The molecule has 1 heterocycles. The number of carbonyl (C=O) groups is 1. The molecule has 1 aromatic heterocycles. The first-order chi connectivity index (χ1) is 8.34. The summed E-state index contributed by atoms with van der Waals surface area (Å²) in [6, 6.07) is 0. The summed E-state index contributed by atoms with van der Waals surface area (Å²) < 4.78 is 0. The molecule has 4 heteroatoms. The lowest BCUT2D eigenvalue weighted by molar-refractivity contribution is -0.122. The van der Waals surface area contributed by atoms with Crippen molar-refractivity contribution in [2.45, 2.75) is 44.9 Å². The fraction of sp³-hybridized carbons (Fsp3) is 0.692. The van der Waals surface area contributed by atoms with Crippen LogP contribution in [0.3, 0.4) is 0 Å². The Kier molecular flexibility index (Phi) is 4.59. The number of aromatic nitrogens is 2. The number of hydrogen-bond acceptors (Lipinski definition) is 2. The minimum absolute atomic E-state index is 0.205. The highest BCUT2D eigenvalue weighted by Crippen LogP contribution is 2.25. The van der Waals surface area contributed by atoms with Crippen LogP contribution < -0.4 is 5.32 Å². The number of H-pyrrole nitrogens is 1. The third-order valence-electron chi connectivity index (χ3n) is 3.47. The molecule has 1 aromatic rings. The number of nitrogens with one attached hydrogen (secondary N) is 2. The van der Waals surface area contributed by atoms with Crippen LogP contribution in [0, 0.1) is 5.92 Å². The number of amides is 1.